The molecule has 1 saturated heterocycles. The first kappa shape index (κ1) is 8.29. The Bertz CT molecular complexity index is 143. The molecule has 0 radical (unpaired) electrons. The van der Waals surface area contributed by atoms with Gasteiger partial charge in [0.1, 0.15) is 0 Å². The first-order chi connectivity index (χ1) is 5.18. The predicted molar refractivity (Wildman–Crippen MR) is 38.2 cm³/mol. The minimum Gasteiger partial charge on any atom is -0.448 e. The third-order valence-corrected chi connectivity index (χ3v) is 1.67. The van der Waals surface area contributed by atoms with E-state index in [4.69, 9.17) is 5.11 Å². The van der Waals surface area contributed by atoms with Crippen LogP contribution in [-0.2, 0) is 4.84 Å². The summed E-state index contributed by atoms with van der Waals surface area (Å²) < 4.78 is 0. The molecule has 0 spiro atoms. The fourth-order valence-corrected chi connectivity index (χ4v) is 0.990. The van der Waals surface area contributed by atoms with Crippen molar-refractivity contribution in [1.29, 1.82) is 0 Å². The monoisotopic (exact) mass is 160 g/mol. The van der Waals surface area contributed by atoms with Crippen molar-refractivity contribution in [3.63, 3.8) is 0 Å². The quantitative estimate of drug-likeness (QED) is 0.577. The Balaban J connectivity index is 2.22. The van der Waals surface area contributed by atoms with E-state index >= 15 is 0 Å². The molecule has 5 nitrogen and oxygen atoms in total. The highest BCUT2D eigenvalue weighted by Crippen LogP contribution is 1.99. The molecular weight excluding hydrogens is 148 g/mol. The van der Waals surface area contributed by atoms with Gasteiger partial charge in [0.05, 0.1) is 0 Å². The van der Waals surface area contributed by atoms with E-state index in [1.807, 2.05) is 7.05 Å². The van der Waals surface area contributed by atoms with E-state index in [-0.39, 0.29) is 0 Å². The van der Waals surface area contributed by atoms with Crippen LogP contribution in [0.4, 0.5) is 4.79 Å². The summed E-state index contributed by atoms with van der Waals surface area (Å²) in [5, 5.41) is 9.71. The Labute approximate surface area is 65.1 Å². The molecule has 0 aliphatic carbocycles. The maximum atomic E-state index is 10.1. The number of carboxylic acid groups (broad SMARTS) is 1. The van der Waals surface area contributed by atoms with Gasteiger partial charge in [-0.3, -0.25) is 0 Å². The lowest BCUT2D eigenvalue weighted by atomic mass is 10.4. The summed E-state index contributed by atoms with van der Waals surface area (Å²) in [6.45, 7) is 3.02. The molecule has 1 rings (SSSR count). The minimum atomic E-state index is -1.23. The average Bonchev–Trinajstić information content (AvgIpc) is 1.93. The zero-order valence-electron chi connectivity index (χ0n) is 6.49. The topological polar surface area (TPSA) is 53.0 Å². The van der Waals surface area contributed by atoms with Gasteiger partial charge in [0, 0.05) is 26.2 Å². The number of piperazine rings is 1. The van der Waals surface area contributed by atoms with E-state index in [1.165, 1.54) is 5.06 Å². The molecule has 0 unspecified atom stereocenters. The van der Waals surface area contributed by atoms with Gasteiger partial charge in [0.2, 0.25) is 0 Å². The molecule has 11 heavy (non-hydrogen) atoms. The molecule has 0 saturated carbocycles. The molecule has 1 fully saturated rings. The van der Waals surface area contributed by atoms with Crippen molar-refractivity contribution in [2.24, 2.45) is 0 Å². The van der Waals surface area contributed by atoms with E-state index in [0.717, 1.165) is 13.1 Å². The van der Waals surface area contributed by atoms with Gasteiger partial charge in [0.15, 0.2) is 0 Å². The lowest BCUT2D eigenvalue weighted by Gasteiger charge is -2.29. The Morgan fingerprint density at radius 3 is 2.36 bits per heavy atom. The second-order valence-electron chi connectivity index (χ2n) is 2.59. The number of hydroxylamine groups is 2. The standard InChI is InChI=1S/C6H12N2O3/c1-7-2-4-8(5-3-7)11-6(9)10/h2-5H2,1H3,(H,9,10). The first-order valence-corrected chi connectivity index (χ1v) is 3.53. The summed E-state index contributed by atoms with van der Waals surface area (Å²) in [7, 11) is 2.00. The zero-order valence-corrected chi connectivity index (χ0v) is 6.49. The molecule has 1 N–H and O–H groups in total. The number of likely N-dealkylation sites (N-methyl/N-ethyl adjacent to an activating group) is 1. The summed E-state index contributed by atoms with van der Waals surface area (Å²) >= 11 is 0. The second kappa shape index (κ2) is 3.54. The minimum absolute atomic E-state index is 0.656. The normalized spacial score (nSPS) is 21.5. The third kappa shape index (κ3) is 2.73. The van der Waals surface area contributed by atoms with Crippen LogP contribution in [0.25, 0.3) is 0 Å². The number of nitrogens with zero attached hydrogens (tertiary/aromatic N) is 2. The SMILES string of the molecule is CN1CCN(OC(=O)O)CC1. The Morgan fingerprint density at radius 1 is 1.36 bits per heavy atom. The van der Waals surface area contributed by atoms with Crippen LogP contribution < -0.4 is 0 Å². The number of carbonyl (C=O) groups is 1. The number of hydrogen-bond donors (Lipinski definition) is 1. The molecule has 64 valence electrons. The van der Waals surface area contributed by atoms with Crippen molar-refractivity contribution in [3.8, 4) is 0 Å². The van der Waals surface area contributed by atoms with Crippen molar-refractivity contribution in [2.45, 2.75) is 0 Å². The molecule has 0 bridgehead atoms. The lowest BCUT2D eigenvalue weighted by molar-refractivity contribution is -0.137. The van der Waals surface area contributed by atoms with E-state index in [2.05, 4.69) is 9.74 Å². The van der Waals surface area contributed by atoms with Crippen LogP contribution in [0, 0.1) is 0 Å². The Hall–Kier alpha value is -0.810. The van der Waals surface area contributed by atoms with Crippen LogP contribution in [0.5, 0.6) is 0 Å². The molecule has 0 aromatic heterocycles. The van der Waals surface area contributed by atoms with Gasteiger partial charge in [-0.1, -0.05) is 0 Å². The van der Waals surface area contributed by atoms with Gasteiger partial charge >= 0.3 is 6.16 Å². The van der Waals surface area contributed by atoms with Gasteiger partial charge in [0.25, 0.3) is 0 Å². The maximum absolute atomic E-state index is 10.1. The van der Waals surface area contributed by atoms with E-state index in [0.29, 0.717) is 13.1 Å². The molecule has 1 aliphatic heterocycles. The van der Waals surface area contributed by atoms with Crippen molar-refractivity contribution >= 4 is 6.16 Å². The van der Waals surface area contributed by atoms with Crippen molar-refractivity contribution in [3.05, 3.63) is 0 Å². The predicted octanol–water partition coefficient (Wildman–Crippen LogP) is -0.157. The van der Waals surface area contributed by atoms with Gasteiger partial charge in [-0.05, 0) is 7.05 Å². The summed E-state index contributed by atoms with van der Waals surface area (Å²) in [6.07, 6.45) is -1.23. The number of rotatable bonds is 1. The van der Waals surface area contributed by atoms with Gasteiger partial charge in [-0.25, -0.2) is 4.79 Å². The summed E-state index contributed by atoms with van der Waals surface area (Å²) in [6, 6.07) is 0. The van der Waals surface area contributed by atoms with E-state index < -0.39 is 6.16 Å². The lowest BCUT2D eigenvalue weighted by Crippen LogP contribution is -2.44. The van der Waals surface area contributed by atoms with Crippen LogP contribution in [0.15, 0.2) is 0 Å². The van der Waals surface area contributed by atoms with Crippen molar-refractivity contribution < 1.29 is 14.7 Å². The molecule has 0 aromatic rings. The third-order valence-electron chi connectivity index (χ3n) is 1.67. The smallest absolute Gasteiger partial charge is 0.448 e. The number of hydrogen-bond acceptors (Lipinski definition) is 4. The van der Waals surface area contributed by atoms with Crippen molar-refractivity contribution in [2.75, 3.05) is 33.2 Å². The maximum Gasteiger partial charge on any atom is 0.525 e. The summed E-state index contributed by atoms with van der Waals surface area (Å²) in [5.74, 6) is 0. The molecule has 0 aromatic carbocycles. The van der Waals surface area contributed by atoms with Crippen LogP contribution in [0.3, 0.4) is 0 Å². The van der Waals surface area contributed by atoms with Crippen LogP contribution in [0.2, 0.25) is 0 Å². The zero-order chi connectivity index (χ0) is 8.27. The van der Waals surface area contributed by atoms with Crippen LogP contribution in [0.1, 0.15) is 0 Å². The Morgan fingerprint density at radius 2 is 1.91 bits per heavy atom. The van der Waals surface area contributed by atoms with Gasteiger partial charge in [-0.2, -0.15) is 0 Å². The molecule has 1 aliphatic rings. The highest BCUT2D eigenvalue weighted by Gasteiger charge is 2.16. The Kier molecular flexibility index (Phi) is 2.67. The summed E-state index contributed by atoms with van der Waals surface area (Å²) in [4.78, 5) is 16.7. The average molecular weight is 160 g/mol. The molecule has 1 heterocycles. The molecule has 0 atom stereocenters. The van der Waals surface area contributed by atoms with Gasteiger partial charge in [-0.15, -0.1) is 5.06 Å². The van der Waals surface area contributed by atoms with Crippen LogP contribution in [-0.4, -0.2) is 54.5 Å². The second-order valence-corrected chi connectivity index (χ2v) is 2.59. The largest absolute Gasteiger partial charge is 0.525 e. The first-order valence-electron chi connectivity index (χ1n) is 3.53. The fourth-order valence-electron chi connectivity index (χ4n) is 0.990. The van der Waals surface area contributed by atoms with Gasteiger partial charge < -0.3 is 14.8 Å². The van der Waals surface area contributed by atoms with E-state index in [1.54, 1.807) is 0 Å². The highest BCUT2D eigenvalue weighted by atomic mass is 16.8. The highest BCUT2D eigenvalue weighted by molar-refractivity contribution is 5.56. The molecule has 5 heteroatoms. The molecular formula is C6H12N2O3. The molecule has 0 amide bonds. The summed E-state index contributed by atoms with van der Waals surface area (Å²) in [5.41, 5.74) is 0. The fraction of sp³-hybridized carbons (Fsp3) is 0.833. The van der Waals surface area contributed by atoms with E-state index in [9.17, 15) is 4.79 Å². The van der Waals surface area contributed by atoms with Crippen LogP contribution >= 0.6 is 0 Å². The van der Waals surface area contributed by atoms with Crippen molar-refractivity contribution in [1.82, 2.24) is 9.96 Å².